The van der Waals surface area contributed by atoms with Gasteiger partial charge in [-0.15, -0.1) is 0 Å². The first-order valence-electron chi connectivity index (χ1n) is 9.39. The van der Waals surface area contributed by atoms with Gasteiger partial charge in [-0.3, -0.25) is 4.79 Å². The van der Waals surface area contributed by atoms with Crippen molar-refractivity contribution in [2.24, 2.45) is 16.1 Å². The summed E-state index contributed by atoms with van der Waals surface area (Å²) in [4.78, 5) is 13.4. The number of hydrogen-bond donors (Lipinski definition) is 1. The Kier molecular flexibility index (Phi) is 6.88. The molecule has 1 heterocycles. The van der Waals surface area contributed by atoms with Gasteiger partial charge in [0.15, 0.2) is 0 Å². The minimum absolute atomic E-state index is 0.208. The van der Waals surface area contributed by atoms with Crippen LogP contribution >= 0.6 is 0 Å². The van der Waals surface area contributed by atoms with Crippen molar-refractivity contribution >= 4 is 23.4 Å². The van der Waals surface area contributed by atoms with E-state index in [1.54, 1.807) is 0 Å². The van der Waals surface area contributed by atoms with Gasteiger partial charge in [-0.2, -0.15) is 10.2 Å². The zero-order valence-electron chi connectivity index (χ0n) is 15.4. The lowest BCUT2D eigenvalue weighted by molar-refractivity contribution is -0.143. The Morgan fingerprint density at radius 3 is 2.48 bits per heavy atom. The van der Waals surface area contributed by atoms with Crippen molar-refractivity contribution < 1.29 is 9.90 Å². The standard InChI is InChI=1S/C22H25N3O2/c26-22(27)19-8-6-16-25(17-19)15-5-4-7-18-11-13-21(14-12-18)24-23-20-9-2-1-3-10-20/h1-4,7,9-14,19H,5-6,8,15-17H2,(H,26,27)/b7-4+,24-23?. The van der Waals surface area contributed by atoms with E-state index in [4.69, 9.17) is 5.11 Å². The summed E-state index contributed by atoms with van der Waals surface area (Å²) in [5, 5.41) is 17.6. The Morgan fingerprint density at radius 2 is 1.78 bits per heavy atom. The number of carboxylic acid groups (broad SMARTS) is 1. The Bertz CT molecular complexity index is 785. The van der Waals surface area contributed by atoms with Crippen molar-refractivity contribution in [3.8, 4) is 0 Å². The third kappa shape index (κ3) is 6.15. The van der Waals surface area contributed by atoms with Crippen LogP contribution in [0, 0.1) is 5.92 Å². The molecule has 0 saturated carbocycles. The second-order valence-corrected chi connectivity index (χ2v) is 6.80. The first-order valence-corrected chi connectivity index (χ1v) is 9.39. The van der Waals surface area contributed by atoms with Crippen LogP contribution in [0.5, 0.6) is 0 Å². The maximum Gasteiger partial charge on any atom is 0.307 e. The molecule has 0 bridgehead atoms. The van der Waals surface area contributed by atoms with Crippen LogP contribution in [-0.2, 0) is 4.79 Å². The topological polar surface area (TPSA) is 65.3 Å². The summed E-state index contributed by atoms with van der Waals surface area (Å²) in [6, 6.07) is 17.6. The van der Waals surface area contributed by atoms with E-state index in [-0.39, 0.29) is 5.92 Å². The molecule has 0 aromatic heterocycles. The molecule has 0 spiro atoms. The predicted octanol–water partition coefficient (Wildman–Crippen LogP) is 5.30. The van der Waals surface area contributed by atoms with E-state index >= 15 is 0 Å². The van der Waals surface area contributed by atoms with E-state index in [9.17, 15) is 4.79 Å². The Morgan fingerprint density at radius 1 is 1.07 bits per heavy atom. The molecule has 140 valence electrons. The van der Waals surface area contributed by atoms with Gasteiger partial charge in [0.2, 0.25) is 0 Å². The van der Waals surface area contributed by atoms with E-state index in [0.717, 1.165) is 49.3 Å². The summed E-state index contributed by atoms with van der Waals surface area (Å²) < 4.78 is 0. The van der Waals surface area contributed by atoms with Gasteiger partial charge in [-0.05, 0) is 55.6 Å². The van der Waals surface area contributed by atoms with Gasteiger partial charge in [0.25, 0.3) is 0 Å². The molecule has 2 aromatic carbocycles. The van der Waals surface area contributed by atoms with Crippen molar-refractivity contribution in [3.63, 3.8) is 0 Å². The summed E-state index contributed by atoms with van der Waals surface area (Å²) in [5.41, 5.74) is 2.78. The largest absolute Gasteiger partial charge is 0.481 e. The molecule has 3 rings (SSSR count). The maximum absolute atomic E-state index is 11.1. The molecule has 0 amide bonds. The quantitative estimate of drug-likeness (QED) is 0.679. The molecule has 27 heavy (non-hydrogen) atoms. The number of nitrogens with zero attached hydrogens (tertiary/aromatic N) is 3. The fourth-order valence-electron chi connectivity index (χ4n) is 3.20. The highest BCUT2D eigenvalue weighted by Gasteiger charge is 2.24. The highest BCUT2D eigenvalue weighted by atomic mass is 16.4. The lowest BCUT2D eigenvalue weighted by Gasteiger charge is -2.30. The molecular weight excluding hydrogens is 338 g/mol. The maximum atomic E-state index is 11.1. The summed E-state index contributed by atoms with van der Waals surface area (Å²) in [6.45, 7) is 2.58. The average molecular weight is 363 g/mol. The van der Waals surface area contributed by atoms with Crippen LogP contribution in [0.2, 0.25) is 0 Å². The molecule has 5 nitrogen and oxygen atoms in total. The molecule has 1 fully saturated rings. The van der Waals surface area contributed by atoms with Crippen LogP contribution in [-0.4, -0.2) is 35.6 Å². The second-order valence-electron chi connectivity index (χ2n) is 6.80. The average Bonchev–Trinajstić information content (AvgIpc) is 2.71. The van der Waals surface area contributed by atoms with Crippen LogP contribution in [0.4, 0.5) is 11.4 Å². The summed E-state index contributed by atoms with van der Waals surface area (Å²) in [6.07, 6.45) is 6.93. The predicted molar refractivity (Wildman–Crippen MR) is 108 cm³/mol. The lowest BCUT2D eigenvalue weighted by atomic mass is 9.98. The molecule has 1 unspecified atom stereocenters. The number of aliphatic carboxylic acids is 1. The van der Waals surface area contributed by atoms with Crippen molar-refractivity contribution in [3.05, 3.63) is 66.2 Å². The van der Waals surface area contributed by atoms with Gasteiger partial charge in [0.05, 0.1) is 17.3 Å². The first-order chi connectivity index (χ1) is 13.2. The highest BCUT2D eigenvalue weighted by molar-refractivity contribution is 5.70. The SMILES string of the molecule is O=C(O)C1CCCN(CC/C=C/c2ccc(N=Nc3ccccc3)cc2)C1. The van der Waals surface area contributed by atoms with Crippen LogP contribution in [0.3, 0.4) is 0 Å². The van der Waals surface area contributed by atoms with Gasteiger partial charge < -0.3 is 10.0 Å². The highest BCUT2D eigenvalue weighted by Crippen LogP contribution is 2.19. The van der Waals surface area contributed by atoms with Crippen LogP contribution in [0.25, 0.3) is 6.08 Å². The molecule has 1 N–H and O–H groups in total. The normalized spacial score (nSPS) is 18.3. The van der Waals surface area contributed by atoms with Crippen LogP contribution < -0.4 is 0 Å². The van der Waals surface area contributed by atoms with Crippen molar-refractivity contribution in [2.75, 3.05) is 19.6 Å². The second kappa shape index (κ2) is 9.78. The number of hydrogen-bond acceptors (Lipinski definition) is 4. The van der Waals surface area contributed by atoms with Crippen LogP contribution in [0.15, 0.2) is 70.9 Å². The molecule has 1 aliphatic heterocycles. The Hall–Kier alpha value is -2.79. The number of carboxylic acids is 1. The minimum atomic E-state index is -0.667. The van der Waals surface area contributed by atoms with E-state index in [1.807, 2.05) is 54.6 Å². The molecule has 5 heteroatoms. The number of azo groups is 1. The molecular formula is C22H25N3O2. The van der Waals surface area contributed by atoms with Crippen molar-refractivity contribution in [1.82, 2.24) is 4.90 Å². The van der Waals surface area contributed by atoms with Gasteiger partial charge in [-0.25, -0.2) is 0 Å². The molecule has 0 aliphatic carbocycles. The lowest BCUT2D eigenvalue weighted by Crippen LogP contribution is -2.38. The fraction of sp³-hybridized carbons (Fsp3) is 0.318. The number of piperidine rings is 1. The third-order valence-electron chi connectivity index (χ3n) is 4.71. The minimum Gasteiger partial charge on any atom is -0.481 e. The number of rotatable bonds is 7. The Balaban J connectivity index is 1.45. The zero-order chi connectivity index (χ0) is 18.9. The summed E-state index contributed by atoms with van der Waals surface area (Å²) in [5.74, 6) is -0.875. The van der Waals surface area contributed by atoms with Crippen LogP contribution in [0.1, 0.15) is 24.8 Å². The molecule has 0 radical (unpaired) electrons. The third-order valence-corrected chi connectivity index (χ3v) is 4.71. The van der Waals surface area contributed by atoms with Gasteiger partial charge in [0, 0.05) is 13.1 Å². The number of carbonyl (C=O) groups is 1. The number of likely N-dealkylation sites (tertiary alicyclic amines) is 1. The zero-order valence-corrected chi connectivity index (χ0v) is 15.4. The first kappa shape index (κ1) is 19.0. The number of benzene rings is 2. The summed E-state index contributed by atoms with van der Waals surface area (Å²) in [7, 11) is 0. The van der Waals surface area contributed by atoms with Gasteiger partial charge >= 0.3 is 5.97 Å². The monoisotopic (exact) mass is 363 g/mol. The molecule has 2 aromatic rings. The van der Waals surface area contributed by atoms with Crippen molar-refractivity contribution in [1.29, 1.82) is 0 Å². The molecule has 1 aliphatic rings. The van der Waals surface area contributed by atoms with E-state index in [0.29, 0.717) is 6.54 Å². The fourth-order valence-corrected chi connectivity index (χ4v) is 3.20. The Labute approximate surface area is 160 Å². The summed E-state index contributed by atoms with van der Waals surface area (Å²) >= 11 is 0. The van der Waals surface area contributed by atoms with E-state index < -0.39 is 5.97 Å². The van der Waals surface area contributed by atoms with Gasteiger partial charge in [0.1, 0.15) is 0 Å². The van der Waals surface area contributed by atoms with E-state index in [1.165, 1.54) is 0 Å². The van der Waals surface area contributed by atoms with Crippen molar-refractivity contribution in [2.45, 2.75) is 19.3 Å². The molecule has 1 atom stereocenters. The smallest absolute Gasteiger partial charge is 0.307 e. The van der Waals surface area contributed by atoms with Gasteiger partial charge in [-0.1, -0.05) is 42.5 Å². The van der Waals surface area contributed by atoms with E-state index in [2.05, 4.69) is 27.3 Å². The molecule has 1 saturated heterocycles.